The van der Waals surface area contributed by atoms with Gasteiger partial charge in [0.2, 0.25) is 0 Å². The zero-order valence-electron chi connectivity index (χ0n) is 11.8. The first-order valence-electron chi connectivity index (χ1n) is 6.78. The van der Waals surface area contributed by atoms with Gasteiger partial charge < -0.3 is 9.64 Å². The van der Waals surface area contributed by atoms with E-state index in [1.54, 1.807) is 19.2 Å². The molecule has 2 aromatic rings. The SMILES string of the molecule is COc1ccc(C2CN(C)Cc3cc(F)ccc32)cc1. The molecule has 0 bridgehead atoms. The van der Waals surface area contributed by atoms with E-state index >= 15 is 0 Å². The second-order valence-corrected chi connectivity index (χ2v) is 5.37. The fourth-order valence-corrected chi connectivity index (χ4v) is 2.94. The van der Waals surface area contributed by atoms with Gasteiger partial charge in [0.25, 0.3) is 0 Å². The number of rotatable bonds is 2. The number of halogens is 1. The highest BCUT2D eigenvalue weighted by Gasteiger charge is 2.24. The van der Waals surface area contributed by atoms with Crippen LogP contribution < -0.4 is 4.74 Å². The first kappa shape index (κ1) is 13.1. The Balaban J connectivity index is 2.01. The Labute approximate surface area is 118 Å². The molecule has 104 valence electrons. The summed E-state index contributed by atoms with van der Waals surface area (Å²) in [6.07, 6.45) is 0. The average molecular weight is 271 g/mol. The van der Waals surface area contributed by atoms with Crippen molar-refractivity contribution in [3.05, 3.63) is 65.0 Å². The lowest BCUT2D eigenvalue weighted by Crippen LogP contribution is -2.31. The van der Waals surface area contributed by atoms with Gasteiger partial charge in [0.15, 0.2) is 0 Å². The van der Waals surface area contributed by atoms with Gasteiger partial charge in [-0.3, -0.25) is 0 Å². The molecule has 1 heterocycles. The van der Waals surface area contributed by atoms with Crippen LogP contribution in [0.2, 0.25) is 0 Å². The van der Waals surface area contributed by atoms with Crippen molar-refractivity contribution in [3.8, 4) is 5.75 Å². The molecule has 0 aromatic heterocycles. The molecule has 2 aromatic carbocycles. The number of hydrogen-bond donors (Lipinski definition) is 0. The third-order valence-corrected chi connectivity index (χ3v) is 3.93. The summed E-state index contributed by atoms with van der Waals surface area (Å²) in [5, 5.41) is 0. The fraction of sp³-hybridized carbons (Fsp3) is 0.294. The quantitative estimate of drug-likeness (QED) is 0.830. The van der Waals surface area contributed by atoms with Crippen LogP contribution in [-0.4, -0.2) is 25.6 Å². The van der Waals surface area contributed by atoms with Gasteiger partial charge >= 0.3 is 0 Å². The average Bonchev–Trinajstić information content (AvgIpc) is 2.46. The van der Waals surface area contributed by atoms with Gasteiger partial charge in [0.05, 0.1) is 7.11 Å². The van der Waals surface area contributed by atoms with Crippen molar-refractivity contribution in [3.63, 3.8) is 0 Å². The molecule has 0 saturated heterocycles. The summed E-state index contributed by atoms with van der Waals surface area (Å²) in [6.45, 7) is 1.75. The Hall–Kier alpha value is -1.87. The normalized spacial score (nSPS) is 18.6. The number of hydrogen-bond acceptors (Lipinski definition) is 2. The first-order chi connectivity index (χ1) is 9.67. The van der Waals surface area contributed by atoms with E-state index in [0.29, 0.717) is 0 Å². The Kier molecular flexibility index (Phi) is 3.45. The van der Waals surface area contributed by atoms with Crippen LogP contribution in [0.15, 0.2) is 42.5 Å². The largest absolute Gasteiger partial charge is 0.497 e. The van der Waals surface area contributed by atoms with Crippen molar-refractivity contribution in [2.24, 2.45) is 0 Å². The summed E-state index contributed by atoms with van der Waals surface area (Å²) in [5.74, 6) is 0.986. The molecule has 20 heavy (non-hydrogen) atoms. The van der Waals surface area contributed by atoms with Gasteiger partial charge in [0.1, 0.15) is 11.6 Å². The molecule has 1 unspecified atom stereocenters. The summed E-state index contributed by atoms with van der Waals surface area (Å²) in [7, 11) is 3.74. The minimum absolute atomic E-state index is 0.160. The molecule has 0 fully saturated rings. The summed E-state index contributed by atoms with van der Waals surface area (Å²) in [6, 6.07) is 13.3. The van der Waals surface area contributed by atoms with Crippen molar-refractivity contribution in [2.75, 3.05) is 20.7 Å². The number of likely N-dealkylation sites (N-methyl/N-ethyl adjacent to an activating group) is 1. The van der Waals surface area contributed by atoms with Gasteiger partial charge in [0, 0.05) is 19.0 Å². The van der Waals surface area contributed by atoms with Gasteiger partial charge in [-0.1, -0.05) is 18.2 Å². The van der Waals surface area contributed by atoms with Gasteiger partial charge in [-0.15, -0.1) is 0 Å². The molecular weight excluding hydrogens is 253 g/mol. The first-order valence-corrected chi connectivity index (χ1v) is 6.78. The highest BCUT2D eigenvalue weighted by atomic mass is 19.1. The molecular formula is C17H18FNO. The van der Waals surface area contributed by atoms with E-state index in [-0.39, 0.29) is 11.7 Å². The lowest BCUT2D eigenvalue weighted by atomic mass is 9.85. The molecule has 0 N–H and O–H groups in total. The minimum atomic E-state index is -0.160. The predicted molar refractivity (Wildman–Crippen MR) is 77.6 cm³/mol. The number of fused-ring (bicyclic) bond motifs is 1. The molecule has 0 aliphatic carbocycles. The summed E-state index contributed by atoms with van der Waals surface area (Å²) >= 11 is 0. The Morgan fingerprint density at radius 1 is 1.15 bits per heavy atom. The smallest absolute Gasteiger partial charge is 0.123 e. The molecule has 1 atom stereocenters. The Morgan fingerprint density at radius 2 is 1.90 bits per heavy atom. The lowest BCUT2D eigenvalue weighted by molar-refractivity contribution is 0.294. The third-order valence-electron chi connectivity index (χ3n) is 3.93. The van der Waals surface area contributed by atoms with Crippen LogP contribution in [0.1, 0.15) is 22.6 Å². The standard InChI is InChI=1S/C17H18FNO/c1-19-10-13-9-14(18)5-8-16(13)17(11-19)12-3-6-15(20-2)7-4-12/h3-9,17H,10-11H2,1-2H3. The summed E-state index contributed by atoms with van der Waals surface area (Å²) in [4.78, 5) is 2.23. The van der Waals surface area contributed by atoms with E-state index in [4.69, 9.17) is 4.74 Å². The van der Waals surface area contributed by atoms with Crippen LogP contribution in [0.3, 0.4) is 0 Å². The molecule has 3 heteroatoms. The van der Waals surface area contributed by atoms with E-state index in [9.17, 15) is 4.39 Å². The van der Waals surface area contributed by atoms with E-state index in [1.807, 2.05) is 18.2 Å². The Bertz CT molecular complexity index is 609. The van der Waals surface area contributed by atoms with Gasteiger partial charge in [-0.2, -0.15) is 0 Å². The summed E-state index contributed by atoms with van der Waals surface area (Å²) < 4.78 is 18.6. The number of ether oxygens (including phenoxy) is 1. The molecule has 0 radical (unpaired) electrons. The van der Waals surface area contributed by atoms with E-state index in [1.165, 1.54) is 11.1 Å². The van der Waals surface area contributed by atoms with Crippen molar-refractivity contribution in [2.45, 2.75) is 12.5 Å². The molecule has 3 rings (SSSR count). The minimum Gasteiger partial charge on any atom is -0.497 e. The maximum atomic E-state index is 13.4. The molecule has 1 aliphatic heterocycles. The number of benzene rings is 2. The highest BCUT2D eigenvalue weighted by molar-refractivity contribution is 5.42. The third kappa shape index (κ3) is 2.41. The van der Waals surface area contributed by atoms with Crippen molar-refractivity contribution in [1.29, 1.82) is 0 Å². The zero-order chi connectivity index (χ0) is 14.1. The molecule has 0 saturated carbocycles. The van der Waals surface area contributed by atoms with Crippen LogP contribution in [0.4, 0.5) is 4.39 Å². The molecule has 2 nitrogen and oxygen atoms in total. The van der Waals surface area contributed by atoms with Crippen molar-refractivity contribution < 1.29 is 9.13 Å². The zero-order valence-corrected chi connectivity index (χ0v) is 11.8. The molecule has 0 amide bonds. The lowest BCUT2D eigenvalue weighted by Gasteiger charge is -2.32. The van der Waals surface area contributed by atoms with Crippen LogP contribution in [0, 0.1) is 5.82 Å². The van der Waals surface area contributed by atoms with E-state index in [0.717, 1.165) is 24.4 Å². The second kappa shape index (κ2) is 5.25. The Morgan fingerprint density at radius 3 is 2.60 bits per heavy atom. The second-order valence-electron chi connectivity index (χ2n) is 5.37. The highest BCUT2D eigenvalue weighted by Crippen LogP contribution is 2.33. The summed E-state index contributed by atoms with van der Waals surface area (Å²) in [5.41, 5.74) is 3.56. The monoisotopic (exact) mass is 271 g/mol. The maximum Gasteiger partial charge on any atom is 0.123 e. The van der Waals surface area contributed by atoms with Crippen LogP contribution in [-0.2, 0) is 6.54 Å². The number of methoxy groups -OCH3 is 1. The van der Waals surface area contributed by atoms with Gasteiger partial charge in [-0.05, 0) is 48.0 Å². The predicted octanol–water partition coefficient (Wildman–Crippen LogP) is 3.41. The number of nitrogens with zero attached hydrogens (tertiary/aromatic N) is 1. The maximum absolute atomic E-state index is 13.4. The fourth-order valence-electron chi connectivity index (χ4n) is 2.94. The van der Waals surface area contributed by atoms with E-state index < -0.39 is 0 Å². The van der Waals surface area contributed by atoms with Crippen LogP contribution >= 0.6 is 0 Å². The topological polar surface area (TPSA) is 12.5 Å². The van der Waals surface area contributed by atoms with Crippen molar-refractivity contribution >= 4 is 0 Å². The van der Waals surface area contributed by atoms with E-state index in [2.05, 4.69) is 24.1 Å². The van der Waals surface area contributed by atoms with Crippen LogP contribution in [0.5, 0.6) is 5.75 Å². The molecule has 1 aliphatic rings. The van der Waals surface area contributed by atoms with Crippen LogP contribution in [0.25, 0.3) is 0 Å². The van der Waals surface area contributed by atoms with Crippen molar-refractivity contribution in [1.82, 2.24) is 4.90 Å². The van der Waals surface area contributed by atoms with Gasteiger partial charge in [-0.25, -0.2) is 4.39 Å². The molecule has 0 spiro atoms.